The van der Waals surface area contributed by atoms with Gasteiger partial charge in [0.15, 0.2) is 0 Å². The molecule has 40 valence electrons. The van der Waals surface area contributed by atoms with Crippen molar-refractivity contribution in [3.63, 3.8) is 0 Å². The second-order valence-corrected chi connectivity index (χ2v) is 2.36. The topological polar surface area (TPSA) is 0 Å². The molecule has 0 unspecified atom stereocenters. The Labute approximate surface area is 58.0 Å². The van der Waals surface area contributed by atoms with E-state index in [1.165, 1.54) is 0 Å². The molecule has 0 aliphatic heterocycles. The van der Waals surface area contributed by atoms with Crippen LogP contribution in [0.15, 0.2) is 17.5 Å². The predicted octanol–water partition coefficient (Wildman–Crippen LogP) is 1.60. The van der Waals surface area contributed by atoms with Crippen molar-refractivity contribution in [1.29, 1.82) is 0 Å². The van der Waals surface area contributed by atoms with Crippen LogP contribution in [0.3, 0.4) is 0 Å². The molecule has 1 aromatic rings. The second-order valence-electron chi connectivity index (χ2n) is 1.20. The Morgan fingerprint density at radius 1 is 1.62 bits per heavy atom. The van der Waals surface area contributed by atoms with Crippen LogP contribution in [0, 0.1) is 11.2 Å². The Balaban J connectivity index is 2.88. The molecule has 1 heterocycles. The monoisotopic (exact) mass is 139 g/mol. The van der Waals surface area contributed by atoms with E-state index in [9.17, 15) is 0 Å². The van der Waals surface area contributed by atoms with Crippen LogP contribution in [-0.4, -0.2) is 0 Å². The summed E-state index contributed by atoms with van der Waals surface area (Å²) in [6.45, 7) is 0. The Morgan fingerprint density at radius 3 is 3.00 bits per heavy atom. The smallest absolute Gasteiger partial charge is 0.0750 e. The minimum absolute atomic E-state index is 1.04. The van der Waals surface area contributed by atoms with Gasteiger partial charge in [0.25, 0.3) is 0 Å². The first kappa shape index (κ1) is 5.61. The second kappa shape index (κ2) is 2.71. The number of thiophene rings is 1. The van der Waals surface area contributed by atoms with Crippen molar-refractivity contribution in [2.45, 2.75) is 0 Å². The van der Waals surface area contributed by atoms with Gasteiger partial charge in [0.2, 0.25) is 0 Å². The molecule has 0 atom stereocenters. The summed E-state index contributed by atoms with van der Waals surface area (Å²) < 4.78 is 0. The zero-order valence-corrected chi connectivity index (χ0v) is 5.68. The standard InChI is InChI=1S/C6H4S2/c7-4-3-6-2-1-5-8-6/h1-2,5,7H/p-1. The van der Waals surface area contributed by atoms with E-state index in [-0.39, 0.29) is 0 Å². The summed E-state index contributed by atoms with van der Waals surface area (Å²) in [5.41, 5.74) is 0. The van der Waals surface area contributed by atoms with Crippen LogP contribution in [0.25, 0.3) is 0 Å². The lowest BCUT2D eigenvalue weighted by Gasteiger charge is -1.77. The van der Waals surface area contributed by atoms with E-state index in [1.54, 1.807) is 11.3 Å². The highest BCUT2D eigenvalue weighted by molar-refractivity contribution is 7.64. The minimum Gasteiger partial charge on any atom is -0.724 e. The first-order valence-corrected chi connectivity index (χ1v) is 3.39. The van der Waals surface area contributed by atoms with Crippen molar-refractivity contribution in [1.82, 2.24) is 0 Å². The van der Waals surface area contributed by atoms with E-state index >= 15 is 0 Å². The lowest BCUT2D eigenvalue weighted by atomic mass is 10.5. The van der Waals surface area contributed by atoms with Crippen LogP contribution in [0.2, 0.25) is 0 Å². The number of rotatable bonds is 0. The fourth-order valence-corrected chi connectivity index (χ4v) is 1.15. The van der Waals surface area contributed by atoms with Crippen molar-refractivity contribution in [3.8, 4) is 11.2 Å². The molecule has 0 saturated carbocycles. The van der Waals surface area contributed by atoms with E-state index in [0.717, 1.165) is 4.88 Å². The lowest BCUT2D eigenvalue weighted by Crippen LogP contribution is -1.54. The zero-order chi connectivity index (χ0) is 5.82. The molecule has 0 fully saturated rings. The zero-order valence-electron chi connectivity index (χ0n) is 4.05. The van der Waals surface area contributed by atoms with Gasteiger partial charge in [-0.3, -0.25) is 0 Å². The number of hydrogen-bond acceptors (Lipinski definition) is 2. The highest BCUT2D eigenvalue weighted by Crippen LogP contribution is 2.04. The molecule has 0 nitrogen and oxygen atoms in total. The van der Waals surface area contributed by atoms with Gasteiger partial charge in [0, 0.05) is 0 Å². The molecule has 0 radical (unpaired) electrons. The van der Waals surface area contributed by atoms with Crippen LogP contribution in [0.1, 0.15) is 4.88 Å². The summed E-state index contributed by atoms with van der Waals surface area (Å²) in [6, 6.07) is 3.91. The normalized spacial score (nSPS) is 7.50. The molecular formula is C6H3S2-. The van der Waals surface area contributed by atoms with Crippen LogP contribution >= 0.6 is 11.3 Å². The summed E-state index contributed by atoms with van der Waals surface area (Å²) in [5, 5.41) is 4.39. The van der Waals surface area contributed by atoms with Gasteiger partial charge in [0.1, 0.15) is 0 Å². The van der Waals surface area contributed by atoms with Gasteiger partial charge in [-0.15, -0.1) is 11.3 Å². The van der Waals surface area contributed by atoms with Crippen molar-refractivity contribution in [2.75, 3.05) is 0 Å². The van der Waals surface area contributed by atoms with Gasteiger partial charge in [-0.05, 0) is 11.4 Å². The van der Waals surface area contributed by atoms with Gasteiger partial charge in [-0.1, -0.05) is 12.0 Å². The Hall–Kier alpha value is -0.520. The first-order valence-electron chi connectivity index (χ1n) is 2.10. The maximum Gasteiger partial charge on any atom is 0.0750 e. The largest absolute Gasteiger partial charge is 0.724 e. The molecule has 0 amide bonds. The van der Waals surface area contributed by atoms with Gasteiger partial charge in [-0.2, -0.15) is 0 Å². The maximum atomic E-state index is 4.45. The van der Waals surface area contributed by atoms with Crippen LogP contribution in [-0.2, 0) is 12.6 Å². The van der Waals surface area contributed by atoms with Gasteiger partial charge in [-0.25, -0.2) is 5.25 Å². The van der Waals surface area contributed by atoms with Crippen molar-refractivity contribution in [3.05, 3.63) is 22.4 Å². The van der Waals surface area contributed by atoms with Crippen LogP contribution < -0.4 is 0 Å². The van der Waals surface area contributed by atoms with Gasteiger partial charge < -0.3 is 12.6 Å². The fourth-order valence-electron chi connectivity index (χ4n) is 0.400. The van der Waals surface area contributed by atoms with Crippen LogP contribution in [0.4, 0.5) is 0 Å². The van der Waals surface area contributed by atoms with Gasteiger partial charge in [0.05, 0.1) is 4.88 Å². The molecule has 0 aromatic carbocycles. The molecule has 0 spiro atoms. The summed E-state index contributed by atoms with van der Waals surface area (Å²) in [7, 11) is 0. The van der Waals surface area contributed by atoms with E-state index in [2.05, 4.69) is 23.8 Å². The van der Waals surface area contributed by atoms with Crippen molar-refractivity contribution in [2.24, 2.45) is 0 Å². The van der Waals surface area contributed by atoms with Crippen molar-refractivity contribution >= 4 is 24.0 Å². The fraction of sp³-hybridized carbons (Fsp3) is 0. The molecule has 0 aliphatic rings. The molecule has 1 rings (SSSR count). The SMILES string of the molecule is [S-]C#Cc1cccs1. The average Bonchev–Trinajstić information content (AvgIpc) is 2.19. The molecule has 0 aliphatic carbocycles. The summed E-state index contributed by atoms with van der Waals surface area (Å²) in [5.74, 6) is 2.77. The summed E-state index contributed by atoms with van der Waals surface area (Å²) in [4.78, 5) is 1.04. The summed E-state index contributed by atoms with van der Waals surface area (Å²) in [6.07, 6.45) is 0. The van der Waals surface area contributed by atoms with E-state index in [0.29, 0.717) is 0 Å². The lowest BCUT2D eigenvalue weighted by molar-refractivity contribution is 1.95. The first-order chi connectivity index (χ1) is 3.93. The molecular weight excluding hydrogens is 136 g/mol. The molecule has 0 N–H and O–H groups in total. The molecule has 0 saturated heterocycles. The predicted molar refractivity (Wildman–Crippen MR) is 38.6 cm³/mol. The third kappa shape index (κ3) is 1.22. The third-order valence-corrected chi connectivity index (χ3v) is 1.58. The number of hydrogen-bond donors (Lipinski definition) is 0. The van der Waals surface area contributed by atoms with E-state index in [4.69, 9.17) is 0 Å². The minimum atomic E-state index is 1.04. The molecule has 2 heteroatoms. The maximum absolute atomic E-state index is 4.45. The molecule has 8 heavy (non-hydrogen) atoms. The van der Waals surface area contributed by atoms with Gasteiger partial charge >= 0.3 is 0 Å². The quantitative estimate of drug-likeness (QED) is 0.388. The summed E-state index contributed by atoms with van der Waals surface area (Å²) >= 11 is 6.05. The third-order valence-electron chi connectivity index (χ3n) is 0.695. The highest BCUT2D eigenvalue weighted by atomic mass is 32.1. The Bertz CT molecular complexity index is 200. The molecule has 0 bridgehead atoms. The van der Waals surface area contributed by atoms with E-state index in [1.807, 2.05) is 17.5 Å². The van der Waals surface area contributed by atoms with E-state index < -0.39 is 0 Å². The molecule has 1 aromatic heterocycles. The average molecular weight is 139 g/mol. The Kier molecular flexibility index (Phi) is 1.90. The van der Waals surface area contributed by atoms with Crippen LogP contribution in [0.5, 0.6) is 0 Å². The highest BCUT2D eigenvalue weighted by Gasteiger charge is 1.79. The van der Waals surface area contributed by atoms with Crippen molar-refractivity contribution < 1.29 is 0 Å². The Morgan fingerprint density at radius 2 is 2.50 bits per heavy atom.